The first-order valence-corrected chi connectivity index (χ1v) is 8.58. The van der Waals surface area contributed by atoms with E-state index in [9.17, 15) is 19.8 Å². The van der Waals surface area contributed by atoms with Gasteiger partial charge in [-0.3, -0.25) is 0 Å². The SMILES string of the molecule is Cc1cc(C)c2cc(-c3ccccc3)c(/C(=C\C(=O)O)C(=O)O)c-2c(C)c1. The summed E-state index contributed by atoms with van der Waals surface area (Å²) >= 11 is 0. The minimum Gasteiger partial charge on any atom is -0.478 e. The zero-order valence-corrected chi connectivity index (χ0v) is 15.4. The predicted molar refractivity (Wildman–Crippen MR) is 106 cm³/mol. The molecule has 136 valence electrons. The number of aryl methyl sites for hydroxylation is 3. The number of carboxylic acids is 2. The number of fused-ring (bicyclic) bond motifs is 1. The molecule has 3 rings (SSSR count). The molecule has 0 saturated heterocycles. The van der Waals surface area contributed by atoms with Gasteiger partial charge in [-0.1, -0.05) is 48.0 Å². The second-order valence-electron chi connectivity index (χ2n) is 6.69. The average Bonchev–Trinajstić information content (AvgIpc) is 2.95. The molecule has 0 fully saturated rings. The number of carboxylic acid groups (broad SMARTS) is 2. The molecular formula is C23H20O4. The molecule has 27 heavy (non-hydrogen) atoms. The van der Waals surface area contributed by atoms with Crippen LogP contribution in [-0.2, 0) is 9.59 Å². The van der Waals surface area contributed by atoms with Crippen molar-refractivity contribution in [1.29, 1.82) is 0 Å². The lowest BCUT2D eigenvalue weighted by Gasteiger charge is -2.10. The van der Waals surface area contributed by atoms with E-state index in [1.165, 1.54) is 0 Å². The Hall–Kier alpha value is -3.40. The van der Waals surface area contributed by atoms with E-state index < -0.39 is 11.9 Å². The fourth-order valence-corrected chi connectivity index (χ4v) is 3.64. The summed E-state index contributed by atoms with van der Waals surface area (Å²) in [5.41, 5.74) is 6.47. The third-order valence-corrected chi connectivity index (χ3v) is 4.64. The van der Waals surface area contributed by atoms with Crippen molar-refractivity contribution >= 4 is 17.5 Å². The molecule has 2 aliphatic rings. The van der Waals surface area contributed by atoms with Crippen LogP contribution in [0.2, 0.25) is 0 Å². The van der Waals surface area contributed by atoms with Gasteiger partial charge in [0.25, 0.3) is 0 Å². The summed E-state index contributed by atoms with van der Waals surface area (Å²) in [6, 6.07) is 15.4. The summed E-state index contributed by atoms with van der Waals surface area (Å²) in [5, 5.41) is 19.0. The first kappa shape index (κ1) is 18.4. The number of hydrogen-bond donors (Lipinski definition) is 2. The molecule has 4 nitrogen and oxygen atoms in total. The Balaban J connectivity index is 2.51. The quantitative estimate of drug-likeness (QED) is 0.647. The van der Waals surface area contributed by atoms with Gasteiger partial charge in [0, 0.05) is 11.6 Å². The minimum atomic E-state index is -1.29. The Morgan fingerprint density at radius 1 is 0.852 bits per heavy atom. The molecular weight excluding hydrogens is 340 g/mol. The Bertz CT molecular complexity index is 1050. The van der Waals surface area contributed by atoms with Crippen LogP contribution in [0.15, 0.2) is 54.6 Å². The first-order valence-electron chi connectivity index (χ1n) is 8.58. The summed E-state index contributed by atoms with van der Waals surface area (Å²) in [4.78, 5) is 23.3. The van der Waals surface area contributed by atoms with Crippen molar-refractivity contribution in [3.05, 3.63) is 76.9 Å². The van der Waals surface area contributed by atoms with Crippen LogP contribution >= 0.6 is 0 Å². The van der Waals surface area contributed by atoms with Gasteiger partial charge < -0.3 is 10.2 Å². The van der Waals surface area contributed by atoms with E-state index in [1.54, 1.807) is 0 Å². The van der Waals surface area contributed by atoms with Crippen LogP contribution < -0.4 is 0 Å². The molecule has 2 aliphatic carbocycles. The van der Waals surface area contributed by atoms with Gasteiger partial charge in [0.1, 0.15) is 0 Å². The highest BCUT2D eigenvalue weighted by atomic mass is 16.4. The number of rotatable bonds is 4. The zero-order valence-electron chi connectivity index (χ0n) is 15.4. The molecule has 0 saturated carbocycles. The van der Waals surface area contributed by atoms with E-state index in [0.717, 1.165) is 45.0 Å². The van der Waals surface area contributed by atoms with Gasteiger partial charge in [0.05, 0.1) is 5.57 Å². The Morgan fingerprint density at radius 3 is 2.07 bits per heavy atom. The fourth-order valence-electron chi connectivity index (χ4n) is 3.64. The summed E-state index contributed by atoms with van der Waals surface area (Å²) in [7, 11) is 0. The standard InChI is InChI=1S/C23H20O4/c1-13-9-14(2)17-11-18(16-7-5-4-6-8-16)22(21(17)15(3)10-13)19(23(26)27)12-20(24)25/h4-12H,1-3H3,(H,24,25)(H,26,27)/b19-12+. The van der Waals surface area contributed by atoms with E-state index in [-0.39, 0.29) is 5.57 Å². The molecule has 0 aromatic heterocycles. The molecule has 0 heterocycles. The normalized spacial score (nSPS) is 11.6. The predicted octanol–water partition coefficient (Wildman–Crippen LogP) is 4.94. The maximum Gasteiger partial charge on any atom is 0.336 e. The maximum absolute atomic E-state index is 12.0. The van der Waals surface area contributed by atoms with E-state index in [4.69, 9.17) is 0 Å². The summed E-state index contributed by atoms with van der Waals surface area (Å²) in [5.74, 6) is -2.55. The van der Waals surface area contributed by atoms with Crippen LogP contribution in [0, 0.1) is 20.8 Å². The smallest absolute Gasteiger partial charge is 0.336 e. The second kappa shape index (κ2) is 7.08. The molecule has 0 aliphatic heterocycles. The van der Waals surface area contributed by atoms with Gasteiger partial charge in [-0.2, -0.15) is 0 Å². The molecule has 0 bridgehead atoms. The Kier molecular flexibility index (Phi) is 4.82. The molecule has 0 spiro atoms. The topological polar surface area (TPSA) is 74.6 Å². The van der Waals surface area contributed by atoms with Gasteiger partial charge in [-0.05, 0) is 60.2 Å². The zero-order chi connectivity index (χ0) is 19.7. The molecule has 0 amide bonds. The van der Waals surface area contributed by atoms with E-state index >= 15 is 0 Å². The van der Waals surface area contributed by atoms with Gasteiger partial charge >= 0.3 is 11.9 Å². The van der Waals surface area contributed by atoms with Gasteiger partial charge in [-0.25, -0.2) is 9.59 Å². The highest BCUT2D eigenvalue weighted by Gasteiger charge is 2.26. The van der Waals surface area contributed by atoms with Crippen LogP contribution in [0.25, 0.3) is 27.8 Å². The van der Waals surface area contributed by atoms with Crippen molar-refractivity contribution in [2.45, 2.75) is 20.8 Å². The number of benzene rings is 1. The van der Waals surface area contributed by atoms with E-state index in [0.29, 0.717) is 5.56 Å². The molecule has 0 radical (unpaired) electrons. The molecule has 1 aromatic rings. The average molecular weight is 360 g/mol. The largest absolute Gasteiger partial charge is 0.478 e. The lowest BCUT2D eigenvalue weighted by molar-refractivity contribution is -0.133. The molecule has 0 atom stereocenters. The second-order valence-corrected chi connectivity index (χ2v) is 6.69. The molecule has 0 unspecified atom stereocenters. The van der Waals surface area contributed by atoms with Crippen molar-refractivity contribution < 1.29 is 19.8 Å². The first-order chi connectivity index (χ1) is 12.8. The lowest BCUT2D eigenvalue weighted by Crippen LogP contribution is -2.04. The van der Waals surface area contributed by atoms with Crippen molar-refractivity contribution in [2.24, 2.45) is 0 Å². The number of carbonyl (C=O) groups is 2. The Morgan fingerprint density at radius 2 is 1.48 bits per heavy atom. The van der Waals surface area contributed by atoms with Crippen LogP contribution in [0.1, 0.15) is 22.3 Å². The third-order valence-electron chi connectivity index (χ3n) is 4.64. The van der Waals surface area contributed by atoms with Gasteiger partial charge in [0.2, 0.25) is 0 Å². The van der Waals surface area contributed by atoms with E-state index in [1.807, 2.05) is 63.2 Å². The van der Waals surface area contributed by atoms with Crippen molar-refractivity contribution in [3.63, 3.8) is 0 Å². The van der Waals surface area contributed by atoms with Crippen LogP contribution in [0.4, 0.5) is 0 Å². The van der Waals surface area contributed by atoms with Crippen LogP contribution in [-0.4, -0.2) is 22.2 Å². The minimum absolute atomic E-state index is 0.220. The fraction of sp³-hybridized carbons (Fsp3) is 0.130. The molecule has 4 heteroatoms. The third kappa shape index (κ3) is 3.47. The number of hydrogen-bond acceptors (Lipinski definition) is 2. The maximum atomic E-state index is 12.0. The van der Waals surface area contributed by atoms with Crippen molar-refractivity contribution in [1.82, 2.24) is 0 Å². The monoisotopic (exact) mass is 360 g/mol. The molecule has 1 aromatic carbocycles. The highest BCUT2D eigenvalue weighted by molar-refractivity contribution is 6.24. The lowest BCUT2D eigenvalue weighted by atomic mass is 9.93. The van der Waals surface area contributed by atoms with Gasteiger partial charge in [-0.15, -0.1) is 0 Å². The Labute approximate surface area is 157 Å². The van der Waals surface area contributed by atoms with Gasteiger partial charge in [0.15, 0.2) is 0 Å². The van der Waals surface area contributed by atoms with E-state index in [2.05, 4.69) is 6.07 Å². The highest BCUT2D eigenvalue weighted by Crippen LogP contribution is 2.44. The summed E-state index contributed by atoms with van der Waals surface area (Å²) in [6.07, 6.45) is 0.776. The van der Waals surface area contributed by atoms with Crippen molar-refractivity contribution in [2.75, 3.05) is 0 Å². The van der Waals surface area contributed by atoms with Crippen molar-refractivity contribution in [3.8, 4) is 22.3 Å². The summed E-state index contributed by atoms with van der Waals surface area (Å²) < 4.78 is 0. The number of aliphatic carboxylic acids is 2. The molecule has 2 N–H and O–H groups in total. The van der Waals surface area contributed by atoms with Crippen LogP contribution in [0.3, 0.4) is 0 Å². The van der Waals surface area contributed by atoms with Crippen LogP contribution in [0.5, 0.6) is 0 Å². The summed E-state index contributed by atoms with van der Waals surface area (Å²) in [6.45, 7) is 5.89.